The monoisotopic (exact) mass is 513 g/mol. The van der Waals surface area contributed by atoms with Crippen LogP contribution >= 0.6 is 23.2 Å². The van der Waals surface area contributed by atoms with Gasteiger partial charge < -0.3 is 0 Å². The van der Waals surface area contributed by atoms with Gasteiger partial charge in [-0.1, -0.05) is 23.7 Å². The highest BCUT2D eigenvalue weighted by atomic mass is 35.5. The first-order valence-electron chi connectivity index (χ1n) is 8.92. The molecule has 3 rings (SSSR count). The van der Waals surface area contributed by atoms with Crippen LogP contribution in [0.15, 0.2) is 36.8 Å². The second-order valence-corrected chi connectivity index (χ2v) is 7.82. The number of aryl methyl sites for hydroxylation is 2. The van der Waals surface area contributed by atoms with Crippen LogP contribution in [-0.4, -0.2) is 32.4 Å². The van der Waals surface area contributed by atoms with Crippen LogP contribution in [0, 0.1) is 13.8 Å². The molecule has 0 saturated carbocycles. The zero-order chi connectivity index (χ0) is 24.9. The third-order valence-electron chi connectivity index (χ3n) is 4.88. The normalized spacial score (nSPS) is 12.8. The molecule has 0 aliphatic carbocycles. The van der Waals surface area contributed by atoms with Crippen LogP contribution in [0.2, 0.25) is 5.15 Å². The zero-order valence-electron chi connectivity index (χ0n) is 16.6. The predicted molar refractivity (Wildman–Crippen MR) is 106 cm³/mol. The Morgan fingerprint density at radius 2 is 1.48 bits per heavy atom. The lowest BCUT2D eigenvalue weighted by Gasteiger charge is -2.31. The number of rotatable bonds is 4. The minimum atomic E-state index is -6.21. The molecule has 13 heteroatoms. The van der Waals surface area contributed by atoms with Gasteiger partial charge in [-0.2, -0.15) is 31.4 Å². The van der Waals surface area contributed by atoms with Crippen molar-refractivity contribution in [3.05, 3.63) is 64.2 Å². The molecule has 0 unspecified atom stereocenters. The smallest absolute Gasteiger partial charge is 0.275 e. The highest BCUT2D eigenvalue weighted by Gasteiger charge is 2.73. The number of halogens is 9. The van der Waals surface area contributed by atoms with Crippen LogP contribution in [0.1, 0.15) is 27.0 Å². The van der Waals surface area contributed by atoms with Crippen LogP contribution in [0.25, 0.3) is 16.8 Å². The molecule has 1 aromatic carbocycles. The van der Waals surface area contributed by atoms with Crippen LogP contribution < -0.4 is 0 Å². The van der Waals surface area contributed by atoms with E-state index in [4.69, 9.17) is 23.2 Å². The SMILES string of the molecule is Cc1cc(C(F)(C(F)(F)F)C(F)(F)F)cc(C)c1-c1cnn(-c2cnc(Cl)c(C(=O)Cl)c2)c1. The van der Waals surface area contributed by atoms with Gasteiger partial charge in [0, 0.05) is 17.3 Å². The second kappa shape index (κ2) is 8.28. The van der Waals surface area contributed by atoms with Gasteiger partial charge in [0.05, 0.1) is 23.6 Å². The molecule has 3 aromatic rings. The van der Waals surface area contributed by atoms with Crippen LogP contribution in [-0.2, 0) is 5.67 Å². The van der Waals surface area contributed by atoms with E-state index in [1.165, 1.54) is 43.2 Å². The summed E-state index contributed by atoms with van der Waals surface area (Å²) in [6, 6.07) is 2.32. The topological polar surface area (TPSA) is 47.8 Å². The minimum Gasteiger partial charge on any atom is -0.275 e. The molecule has 0 aliphatic rings. The molecule has 0 radical (unpaired) electrons. The summed E-state index contributed by atoms with van der Waals surface area (Å²) in [4.78, 5) is 15.3. The van der Waals surface area contributed by atoms with E-state index >= 15 is 0 Å². The lowest BCUT2D eigenvalue weighted by Crippen LogP contribution is -2.50. The molecular formula is C20H12Cl2F7N3O. The van der Waals surface area contributed by atoms with Crippen molar-refractivity contribution in [1.29, 1.82) is 0 Å². The van der Waals surface area contributed by atoms with Crippen molar-refractivity contribution in [2.24, 2.45) is 0 Å². The van der Waals surface area contributed by atoms with E-state index in [-0.39, 0.29) is 33.1 Å². The number of carbonyl (C=O) groups is 1. The van der Waals surface area contributed by atoms with Crippen molar-refractivity contribution >= 4 is 28.4 Å². The molecule has 4 nitrogen and oxygen atoms in total. The van der Waals surface area contributed by atoms with Gasteiger partial charge >= 0.3 is 18.0 Å². The Labute approximate surface area is 191 Å². The molecule has 33 heavy (non-hydrogen) atoms. The van der Waals surface area contributed by atoms with Crippen molar-refractivity contribution in [3.8, 4) is 16.8 Å². The number of alkyl halides is 7. The molecule has 0 fully saturated rings. The van der Waals surface area contributed by atoms with E-state index in [0.717, 1.165) is 0 Å². The molecule has 2 aromatic heterocycles. The summed E-state index contributed by atoms with van der Waals surface area (Å²) in [7, 11) is 0. The Hall–Kier alpha value is -2.66. The van der Waals surface area contributed by atoms with Crippen molar-refractivity contribution in [1.82, 2.24) is 14.8 Å². The molecule has 0 atom stereocenters. The van der Waals surface area contributed by atoms with Gasteiger partial charge in [-0.25, -0.2) is 14.1 Å². The van der Waals surface area contributed by atoms with E-state index < -0.39 is 28.8 Å². The maximum Gasteiger partial charge on any atom is 0.435 e. The highest BCUT2D eigenvalue weighted by Crippen LogP contribution is 2.54. The summed E-state index contributed by atoms with van der Waals surface area (Å²) in [5.74, 6) is 0. The van der Waals surface area contributed by atoms with E-state index in [1.807, 2.05) is 0 Å². The number of aromatic nitrogens is 3. The number of carbonyl (C=O) groups excluding carboxylic acids is 1. The molecular weight excluding hydrogens is 502 g/mol. The van der Waals surface area contributed by atoms with E-state index in [2.05, 4.69) is 10.1 Å². The van der Waals surface area contributed by atoms with Gasteiger partial charge in [-0.05, 0) is 48.2 Å². The summed E-state index contributed by atoms with van der Waals surface area (Å²) < 4.78 is 94.5. The average molecular weight is 514 g/mol. The van der Waals surface area contributed by atoms with Crippen LogP contribution in [0.3, 0.4) is 0 Å². The minimum absolute atomic E-state index is 0.0362. The van der Waals surface area contributed by atoms with Gasteiger partial charge in [0.15, 0.2) is 0 Å². The first-order valence-corrected chi connectivity index (χ1v) is 9.68. The largest absolute Gasteiger partial charge is 0.435 e. The number of hydrogen-bond acceptors (Lipinski definition) is 3. The molecule has 0 saturated heterocycles. The second-order valence-electron chi connectivity index (χ2n) is 7.12. The lowest BCUT2D eigenvalue weighted by molar-refractivity contribution is -0.348. The maximum atomic E-state index is 14.5. The van der Waals surface area contributed by atoms with Crippen molar-refractivity contribution < 1.29 is 35.5 Å². The predicted octanol–water partition coefficient (Wildman–Crippen LogP) is 6.87. The fourth-order valence-corrected chi connectivity index (χ4v) is 3.78. The summed E-state index contributed by atoms with van der Waals surface area (Å²) in [5.41, 5.74) is -6.43. The number of pyridine rings is 1. The lowest BCUT2D eigenvalue weighted by atomic mass is 9.87. The molecule has 0 aliphatic heterocycles. The number of benzene rings is 1. The van der Waals surface area contributed by atoms with Gasteiger partial charge in [0.2, 0.25) is 0 Å². The maximum absolute atomic E-state index is 14.5. The molecule has 0 bridgehead atoms. The van der Waals surface area contributed by atoms with Gasteiger partial charge in [0.25, 0.3) is 5.24 Å². The Kier molecular flexibility index (Phi) is 6.27. The first kappa shape index (κ1) is 25.0. The van der Waals surface area contributed by atoms with Crippen molar-refractivity contribution in [2.75, 3.05) is 0 Å². The van der Waals surface area contributed by atoms with Gasteiger partial charge in [-0.3, -0.25) is 4.79 Å². The van der Waals surface area contributed by atoms with E-state index in [1.54, 1.807) is 0 Å². The Bertz CT molecular complexity index is 1200. The molecule has 0 spiro atoms. The average Bonchev–Trinajstić information content (AvgIpc) is 3.14. The van der Waals surface area contributed by atoms with Crippen LogP contribution in [0.4, 0.5) is 30.7 Å². The Morgan fingerprint density at radius 1 is 0.939 bits per heavy atom. The highest BCUT2D eigenvalue weighted by molar-refractivity contribution is 6.68. The quantitative estimate of drug-likeness (QED) is 0.217. The fourth-order valence-electron chi connectivity index (χ4n) is 3.40. The Balaban J connectivity index is 2.10. The number of hydrogen-bond donors (Lipinski definition) is 0. The van der Waals surface area contributed by atoms with Gasteiger partial charge in [-0.15, -0.1) is 0 Å². The van der Waals surface area contributed by atoms with E-state index in [0.29, 0.717) is 17.7 Å². The summed E-state index contributed by atoms with van der Waals surface area (Å²) in [6.45, 7) is 2.51. The van der Waals surface area contributed by atoms with E-state index in [9.17, 15) is 35.5 Å². The summed E-state index contributed by atoms with van der Waals surface area (Å²) >= 11 is 11.2. The van der Waals surface area contributed by atoms with Crippen molar-refractivity contribution in [3.63, 3.8) is 0 Å². The third-order valence-corrected chi connectivity index (χ3v) is 5.39. The third kappa shape index (κ3) is 4.31. The Morgan fingerprint density at radius 3 is 1.97 bits per heavy atom. The molecule has 0 amide bonds. The van der Waals surface area contributed by atoms with Crippen molar-refractivity contribution in [2.45, 2.75) is 31.9 Å². The molecule has 176 valence electrons. The fraction of sp³-hybridized carbons (Fsp3) is 0.250. The first-order chi connectivity index (χ1) is 15.1. The van der Waals surface area contributed by atoms with Gasteiger partial charge in [0.1, 0.15) is 5.15 Å². The molecule has 0 N–H and O–H groups in total. The number of nitrogens with zero attached hydrogens (tertiary/aromatic N) is 3. The standard InChI is InChI=1S/C20H12Cl2F7N3O/c1-9-3-12(18(23,19(24,25)26)20(27,28)29)4-10(2)15(9)11-6-31-32(8-11)13-5-14(17(22)33)16(21)30-7-13/h3-8H,1-2H3. The zero-order valence-corrected chi connectivity index (χ0v) is 18.1. The molecule has 2 heterocycles. The summed E-state index contributed by atoms with van der Waals surface area (Å²) in [6.07, 6.45) is -8.46. The van der Waals surface area contributed by atoms with Crippen LogP contribution in [0.5, 0.6) is 0 Å². The summed E-state index contributed by atoms with van der Waals surface area (Å²) in [5, 5.41) is 3.06.